The van der Waals surface area contributed by atoms with Crippen LogP contribution in [0.4, 0.5) is 34.1 Å². The number of halogens is 3. The molecule has 2 aliphatic heterocycles. The fourth-order valence-electron chi connectivity index (χ4n) is 6.70. The number of piperidine rings is 2. The van der Waals surface area contributed by atoms with E-state index < -0.39 is 24.4 Å². The van der Waals surface area contributed by atoms with Gasteiger partial charge in [0.25, 0.3) is 0 Å². The van der Waals surface area contributed by atoms with Gasteiger partial charge in [-0.15, -0.1) is 0 Å². The molecule has 0 unspecified atom stereocenters. The first-order valence-electron chi connectivity index (χ1n) is 19.5. The molecule has 0 radical (unpaired) electrons. The Hall–Kier alpha value is -6.02. The van der Waals surface area contributed by atoms with Crippen molar-refractivity contribution in [2.24, 2.45) is 5.73 Å². The summed E-state index contributed by atoms with van der Waals surface area (Å²) in [7, 11) is 0. The number of ketones is 2. The number of benzene rings is 4. The van der Waals surface area contributed by atoms with Crippen LogP contribution in [0.25, 0.3) is 0 Å². The Morgan fingerprint density at radius 2 is 0.931 bits per heavy atom. The second-order valence-electron chi connectivity index (χ2n) is 14.1. The molecule has 2 heterocycles. The van der Waals surface area contributed by atoms with E-state index in [1.54, 1.807) is 34.5 Å². The van der Waals surface area contributed by atoms with Crippen molar-refractivity contribution in [2.75, 3.05) is 49.1 Å². The molecule has 3 N–H and O–H groups in total. The number of carbonyl (C=O) groups excluding carboxylic acids is 5. The van der Waals surface area contributed by atoms with E-state index in [9.17, 15) is 37.1 Å². The van der Waals surface area contributed by atoms with Crippen LogP contribution >= 0.6 is 0 Å². The Bertz CT molecular complexity index is 1970. The summed E-state index contributed by atoms with van der Waals surface area (Å²) < 4.78 is 36.8. The van der Waals surface area contributed by atoms with Crippen LogP contribution in [-0.4, -0.2) is 84.8 Å². The van der Waals surface area contributed by atoms with Crippen molar-refractivity contribution in [2.45, 2.75) is 57.8 Å². The van der Waals surface area contributed by atoms with E-state index in [1.807, 2.05) is 87.5 Å². The number of rotatable bonds is 11. The van der Waals surface area contributed by atoms with E-state index in [-0.39, 0.29) is 36.5 Å². The molecule has 4 aromatic rings. The van der Waals surface area contributed by atoms with Gasteiger partial charge in [0.15, 0.2) is 11.6 Å². The number of alkyl halides is 3. The second-order valence-corrected chi connectivity index (χ2v) is 14.1. The highest BCUT2D eigenvalue weighted by Gasteiger charge is 2.38. The van der Waals surface area contributed by atoms with Gasteiger partial charge >= 0.3 is 24.1 Å². The van der Waals surface area contributed by atoms with Crippen molar-refractivity contribution in [3.63, 3.8) is 0 Å². The number of anilines is 2. The number of amides is 5. The largest absolute Gasteiger partial charge is 0.471 e. The van der Waals surface area contributed by atoms with E-state index in [1.165, 1.54) is 18.6 Å². The molecule has 4 aromatic carbocycles. The molecule has 306 valence electrons. The molecule has 0 saturated carbocycles. The van der Waals surface area contributed by atoms with E-state index >= 15 is 0 Å². The van der Waals surface area contributed by atoms with E-state index in [0.29, 0.717) is 25.2 Å². The fourth-order valence-corrected chi connectivity index (χ4v) is 6.70. The van der Waals surface area contributed by atoms with Gasteiger partial charge in [-0.3, -0.25) is 24.2 Å². The Kier molecular flexibility index (Phi) is 15.6. The van der Waals surface area contributed by atoms with Gasteiger partial charge in [-0.25, -0.2) is 9.59 Å². The third kappa shape index (κ3) is 12.2. The summed E-state index contributed by atoms with van der Waals surface area (Å²) in [4.78, 5) is 68.2. The smallest absolute Gasteiger partial charge is 0.341 e. The number of hydrogen-bond donors (Lipinski definition) is 2. The molecule has 14 heteroatoms. The maximum absolute atomic E-state index is 13.2. The van der Waals surface area contributed by atoms with Crippen molar-refractivity contribution in [3.8, 4) is 0 Å². The zero-order valence-electron chi connectivity index (χ0n) is 32.3. The topological polar surface area (TPSA) is 136 Å². The molecular formula is C44H49F3N6O5. The first-order valence-corrected chi connectivity index (χ1v) is 19.5. The van der Waals surface area contributed by atoms with Gasteiger partial charge in [-0.2, -0.15) is 13.2 Å². The Balaban J connectivity index is 0.000000226. The molecule has 2 fully saturated rings. The third-order valence-corrected chi connectivity index (χ3v) is 9.94. The predicted molar refractivity (Wildman–Crippen MR) is 217 cm³/mol. The summed E-state index contributed by atoms with van der Waals surface area (Å²) in [6.07, 6.45) is 1.31. The number of hydrogen-bond acceptors (Lipinski definition) is 6. The maximum Gasteiger partial charge on any atom is 0.471 e. The predicted octanol–water partition coefficient (Wildman–Crippen LogP) is 7.60. The minimum atomic E-state index is -5.04. The van der Waals surface area contributed by atoms with Crippen molar-refractivity contribution < 1.29 is 37.1 Å². The van der Waals surface area contributed by atoms with Gasteiger partial charge in [-0.1, -0.05) is 84.9 Å². The Labute approximate surface area is 336 Å². The van der Waals surface area contributed by atoms with Crippen LogP contribution in [0.2, 0.25) is 0 Å². The average Bonchev–Trinajstić information content (AvgIpc) is 3.27. The van der Waals surface area contributed by atoms with Crippen molar-refractivity contribution in [3.05, 3.63) is 131 Å². The van der Waals surface area contributed by atoms with Crippen LogP contribution in [0.15, 0.2) is 109 Å². The highest BCUT2D eigenvalue weighted by molar-refractivity contribution is 6.00. The molecule has 11 nitrogen and oxygen atoms in total. The maximum atomic E-state index is 13.2. The molecular weight excluding hydrogens is 750 g/mol. The first kappa shape index (κ1) is 43.1. The number of nitrogens with one attached hydrogen (secondary N) is 1. The number of para-hydroxylation sites is 2. The minimum Gasteiger partial charge on any atom is -0.341 e. The minimum absolute atomic E-state index is 0.00291. The highest BCUT2D eigenvalue weighted by atomic mass is 19.4. The number of Topliss-reactive ketones (excluding diaryl/α,β-unsaturated/α-hetero) is 2. The van der Waals surface area contributed by atoms with Crippen LogP contribution < -0.4 is 20.9 Å². The molecule has 2 aliphatic rings. The van der Waals surface area contributed by atoms with Crippen molar-refractivity contribution >= 4 is 40.9 Å². The summed E-state index contributed by atoms with van der Waals surface area (Å²) in [6, 6.07) is 32.5. The number of nitrogens with two attached hydrogens (primary N) is 1. The van der Waals surface area contributed by atoms with Gasteiger partial charge in [0, 0.05) is 48.7 Å². The summed E-state index contributed by atoms with van der Waals surface area (Å²) in [5.74, 6) is -2.88. The lowest BCUT2D eigenvalue weighted by molar-refractivity contribution is -0.173. The third-order valence-electron chi connectivity index (χ3n) is 9.94. The van der Waals surface area contributed by atoms with Gasteiger partial charge in [0.1, 0.15) is 0 Å². The lowest BCUT2D eigenvalue weighted by Crippen LogP contribution is -2.45. The molecule has 6 rings (SSSR count). The standard InChI is InChI=1S/C23H24F3N3O3.C21H25N3O2/c24-23(25,26)21(31)27-15-20(30)18-11-9-17(10-12-18)16-29(19-7-3-1-4-8-19)22(32)28-13-5-2-6-14-28;22-15-20(25)18-11-9-17(10-12-18)16-24(19-7-3-1-4-8-19)21(26)23-13-5-2-6-14-23/h1,3-4,7-12H,2,5-6,13-16H2,(H,27,31);1,3-4,7-12H,2,5-6,13-16,22H2. The number of nitrogens with zero attached hydrogens (tertiary/aromatic N) is 4. The zero-order chi connectivity index (χ0) is 41.5. The molecule has 5 amide bonds. The molecule has 0 bridgehead atoms. The quantitative estimate of drug-likeness (QED) is 0.150. The van der Waals surface area contributed by atoms with Crippen molar-refractivity contribution in [1.82, 2.24) is 15.1 Å². The molecule has 2 saturated heterocycles. The first-order chi connectivity index (χ1) is 27.9. The molecule has 0 spiro atoms. The van der Waals surface area contributed by atoms with Gasteiger partial charge in [0.05, 0.1) is 26.2 Å². The van der Waals surface area contributed by atoms with E-state index in [0.717, 1.165) is 67.7 Å². The van der Waals surface area contributed by atoms with Crippen LogP contribution in [0, 0.1) is 0 Å². The molecule has 0 aromatic heterocycles. The number of carbonyl (C=O) groups is 5. The van der Waals surface area contributed by atoms with Crippen molar-refractivity contribution in [1.29, 1.82) is 0 Å². The summed E-state index contributed by atoms with van der Waals surface area (Å²) in [5, 5.41) is 1.57. The lowest BCUT2D eigenvalue weighted by atomic mass is 10.1. The van der Waals surface area contributed by atoms with E-state index in [2.05, 4.69) is 0 Å². The summed E-state index contributed by atoms with van der Waals surface area (Å²) in [6.45, 7) is 3.04. The molecule has 58 heavy (non-hydrogen) atoms. The monoisotopic (exact) mass is 798 g/mol. The van der Waals surface area contributed by atoms with Crippen LogP contribution in [0.5, 0.6) is 0 Å². The number of urea groups is 2. The second kappa shape index (κ2) is 20.9. The van der Waals surface area contributed by atoms with Gasteiger partial charge in [-0.05, 0) is 73.9 Å². The van der Waals surface area contributed by atoms with Gasteiger partial charge < -0.3 is 20.9 Å². The van der Waals surface area contributed by atoms with E-state index in [4.69, 9.17) is 5.73 Å². The normalized spacial score (nSPS) is 14.1. The highest BCUT2D eigenvalue weighted by Crippen LogP contribution is 2.23. The lowest BCUT2D eigenvalue weighted by Gasteiger charge is -2.33. The SMILES string of the molecule is NCC(=O)c1ccc(CN(C(=O)N2CCCCC2)c2ccccc2)cc1.O=C(CNC(=O)C(F)(F)F)c1ccc(CN(C(=O)N2CCCCC2)c2ccccc2)cc1. The van der Waals surface area contributed by atoms with Gasteiger partial charge in [0.2, 0.25) is 0 Å². The Morgan fingerprint density at radius 1 is 0.552 bits per heavy atom. The number of likely N-dealkylation sites (tertiary alicyclic amines) is 2. The summed E-state index contributed by atoms with van der Waals surface area (Å²) in [5.41, 5.74) is 9.55. The molecule has 0 aliphatic carbocycles. The fraction of sp³-hybridized carbons (Fsp3) is 0.341. The van der Waals surface area contributed by atoms with Crippen LogP contribution in [-0.2, 0) is 17.9 Å². The van der Waals surface area contributed by atoms with Crippen LogP contribution in [0.1, 0.15) is 70.4 Å². The molecule has 0 atom stereocenters. The average molecular weight is 799 g/mol. The van der Waals surface area contributed by atoms with Crippen LogP contribution in [0.3, 0.4) is 0 Å². The zero-order valence-corrected chi connectivity index (χ0v) is 32.3. The summed E-state index contributed by atoms with van der Waals surface area (Å²) >= 11 is 0. The Morgan fingerprint density at radius 3 is 1.29 bits per heavy atom.